The third-order valence-corrected chi connectivity index (χ3v) is 31.4. The Morgan fingerprint density at radius 2 is 0.694 bits per heavy atom. The first-order valence-corrected chi connectivity index (χ1v) is 51.6. The number of benzene rings is 19. The van der Waals surface area contributed by atoms with E-state index in [2.05, 4.69) is 421 Å². The molecule has 5 atom stereocenters. The number of nitrogens with zero attached hydrogens (tertiary/aromatic N) is 12. The van der Waals surface area contributed by atoms with Crippen LogP contribution >= 0.6 is 0 Å². The van der Waals surface area contributed by atoms with E-state index in [0.29, 0.717) is 35.3 Å². The predicted molar refractivity (Wildman–Crippen MR) is 607 cm³/mol. The molecule has 702 valence electrons. The highest BCUT2D eigenvalue weighted by molar-refractivity contribution is 6.25. The van der Waals surface area contributed by atoms with E-state index in [9.17, 15) is 0 Å². The SMILES string of the molecule is c1ccc(-c2cc(-c3ccccc3)nc(-c3ccc(-n4c5cc6c(ccn6-c6ccccc6)cc5c5c6ccccc6ccc54)cc3)n2)cc1.c1ccc(-c2nc(-c3ccccc3)nc(-c3ccc(-n4c5cc6c(ccn6-c6ccccc6)cc5c5c6ccccc6ccc54)cc3)n2)cc1.c1ccc(N2CCc3cc4c(cc32)N(c2ccc(C3Nc5ccccc5N3c3ccccc3)cc2)C2CCC3CCCCC3C42)cc1. The standard InChI is InChI=1S/C46H30N4.C45H29N5.C43H42N4/c1-4-13-32(14-5-1)40-29-41(33-15-6-2-7-16-33)48-46(47-40)34-20-23-37(24-21-34)50-42-25-22-31-12-10-11-19-38(31)45(42)39-28-35-26-27-49(43(35)30-44(39)50)36-17-8-3-9-18-36;1-4-13-31(14-5-1)43-46-44(32-15-6-2-7-16-32)48-45(47-43)33-20-23-36(24-21-33)50-39-25-22-30-12-10-11-19-37(30)42(39)38-28-34-26-27-49(40(34)29-41(38)50)35-17-8-3-9-18-35;1-3-12-32(13-4-1)45-26-25-31-27-36-41(28-40(31)45)46(39-24-21-29-11-7-8-16-35(29)42(36)39)34-22-19-30(20-23-34)43-44-37-17-9-10-18-38(37)47(43)33-14-5-2-6-15-33/h1-30H;1-29H;1-6,9-10,12-15,17-20,22-23,27-29,35,39,42-44H,7-8,11,16,21,24-26H2. The van der Waals surface area contributed by atoms with Crippen molar-refractivity contribution in [3.63, 3.8) is 0 Å². The Bertz CT molecular complexity index is 8770. The van der Waals surface area contributed by atoms with Gasteiger partial charge >= 0.3 is 0 Å². The van der Waals surface area contributed by atoms with Gasteiger partial charge in [-0.25, -0.2) is 24.9 Å². The molecule has 3 aliphatic heterocycles. The van der Waals surface area contributed by atoms with Gasteiger partial charge in [0.2, 0.25) is 0 Å². The summed E-state index contributed by atoms with van der Waals surface area (Å²) < 4.78 is 9.34. The molecular formula is C134H101N13. The number of fused-ring (bicyclic) bond motifs is 19. The molecule has 5 unspecified atom stereocenters. The zero-order valence-corrected chi connectivity index (χ0v) is 81.0. The van der Waals surface area contributed by atoms with Crippen molar-refractivity contribution in [3.05, 3.63) is 496 Å². The number of aromatic nitrogens is 9. The lowest BCUT2D eigenvalue weighted by atomic mass is 9.62. The second-order valence-electron chi connectivity index (χ2n) is 39.6. The summed E-state index contributed by atoms with van der Waals surface area (Å²) in [6.45, 7) is 1.06. The van der Waals surface area contributed by atoms with Gasteiger partial charge in [-0.2, -0.15) is 0 Å². The minimum Gasteiger partial charge on any atom is -0.359 e. The topological polar surface area (TPSA) is 106 Å². The van der Waals surface area contributed by atoms with Gasteiger partial charge in [-0.1, -0.05) is 304 Å². The average Bonchev–Trinajstić information content (AvgIpc) is 1.57. The molecule has 2 aliphatic carbocycles. The number of hydrogen-bond donors (Lipinski definition) is 1. The first-order chi connectivity index (χ1) is 72.9. The smallest absolute Gasteiger partial charge is 0.164 e. The highest BCUT2D eigenvalue weighted by Crippen LogP contribution is 2.60. The van der Waals surface area contributed by atoms with E-state index in [1.807, 2.05) is 97.1 Å². The quantitative estimate of drug-likeness (QED) is 0.114. The predicted octanol–water partition coefficient (Wildman–Crippen LogP) is 33.6. The number of nitrogens with one attached hydrogen (secondary N) is 1. The number of para-hydroxylation sites is 6. The molecule has 1 N–H and O–H groups in total. The van der Waals surface area contributed by atoms with Crippen molar-refractivity contribution in [2.45, 2.75) is 63.1 Å². The maximum atomic E-state index is 5.07. The van der Waals surface area contributed by atoms with Gasteiger partial charge in [-0.3, -0.25) is 0 Å². The van der Waals surface area contributed by atoms with E-state index in [0.717, 1.165) is 97.8 Å². The Balaban J connectivity index is 0.000000107. The monoisotopic (exact) mass is 1890 g/mol. The van der Waals surface area contributed by atoms with Crippen LogP contribution in [0.5, 0.6) is 0 Å². The van der Waals surface area contributed by atoms with Gasteiger partial charge in [0, 0.05) is 148 Å². The number of anilines is 7. The summed E-state index contributed by atoms with van der Waals surface area (Å²) in [5.74, 6) is 4.99. The summed E-state index contributed by atoms with van der Waals surface area (Å²) >= 11 is 0. The van der Waals surface area contributed by atoms with E-state index >= 15 is 0 Å². The minimum absolute atomic E-state index is 0.0443. The summed E-state index contributed by atoms with van der Waals surface area (Å²) in [7, 11) is 0. The molecule has 2 saturated carbocycles. The van der Waals surface area contributed by atoms with Gasteiger partial charge < -0.3 is 38.3 Å². The largest absolute Gasteiger partial charge is 0.359 e. The molecule has 6 aromatic heterocycles. The van der Waals surface area contributed by atoms with Crippen molar-refractivity contribution in [3.8, 4) is 90.8 Å². The first kappa shape index (κ1) is 86.5. The second kappa shape index (κ2) is 36.6. The second-order valence-corrected chi connectivity index (χ2v) is 39.6. The summed E-state index contributed by atoms with van der Waals surface area (Å²) in [6.07, 6.45) is 13.8. The highest BCUT2D eigenvalue weighted by atomic mass is 15.3. The molecule has 0 radical (unpaired) electrons. The summed E-state index contributed by atoms with van der Waals surface area (Å²) in [6, 6.07) is 167. The van der Waals surface area contributed by atoms with Crippen LogP contribution in [-0.4, -0.2) is 55.8 Å². The maximum Gasteiger partial charge on any atom is 0.164 e. The number of rotatable bonds is 14. The molecular weight excluding hydrogens is 1790 g/mol. The van der Waals surface area contributed by atoms with E-state index < -0.39 is 0 Å². The van der Waals surface area contributed by atoms with Crippen LogP contribution in [0.3, 0.4) is 0 Å². The Morgan fingerprint density at radius 1 is 0.265 bits per heavy atom. The lowest BCUT2D eigenvalue weighted by Crippen LogP contribution is -2.41. The fourth-order valence-electron chi connectivity index (χ4n) is 24.6. The van der Waals surface area contributed by atoms with Gasteiger partial charge in [0.1, 0.15) is 6.17 Å². The third kappa shape index (κ3) is 15.4. The molecule has 0 saturated heterocycles. The van der Waals surface area contributed by atoms with Crippen LogP contribution < -0.4 is 20.0 Å². The highest BCUT2D eigenvalue weighted by Gasteiger charge is 2.50. The van der Waals surface area contributed by atoms with E-state index in [1.54, 1.807) is 5.56 Å². The lowest BCUT2D eigenvalue weighted by Gasteiger charge is -2.45. The van der Waals surface area contributed by atoms with E-state index in [4.69, 9.17) is 24.9 Å². The summed E-state index contributed by atoms with van der Waals surface area (Å²) in [5, 5.41) is 16.2. The van der Waals surface area contributed by atoms with E-state index in [-0.39, 0.29) is 6.17 Å². The van der Waals surface area contributed by atoms with Crippen LogP contribution in [0.15, 0.2) is 480 Å². The Hall–Kier alpha value is -18.3. The van der Waals surface area contributed by atoms with Gasteiger partial charge in [0.15, 0.2) is 23.3 Å². The molecule has 5 aliphatic rings. The molecule has 2 fully saturated rings. The van der Waals surface area contributed by atoms with Crippen molar-refractivity contribution in [1.82, 2.24) is 43.2 Å². The van der Waals surface area contributed by atoms with Crippen molar-refractivity contribution < 1.29 is 0 Å². The van der Waals surface area contributed by atoms with Crippen molar-refractivity contribution >= 4 is 127 Å². The maximum absolute atomic E-state index is 5.07. The molecule has 30 rings (SSSR count). The van der Waals surface area contributed by atoms with Gasteiger partial charge in [-0.05, 0) is 258 Å². The van der Waals surface area contributed by atoms with Gasteiger partial charge in [0.25, 0.3) is 0 Å². The van der Waals surface area contributed by atoms with Crippen LogP contribution in [0.1, 0.15) is 67.3 Å². The molecule has 9 heterocycles. The average molecular weight is 1890 g/mol. The van der Waals surface area contributed by atoms with Crippen LogP contribution in [0.4, 0.5) is 39.8 Å². The zero-order chi connectivity index (χ0) is 96.9. The van der Waals surface area contributed by atoms with Crippen molar-refractivity contribution in [2.24, 2.45) is 11.8 Å². The first-order valence-electron chi connectivity index (χ1n) is 51.6. The fraction of sp³-hybridized carbons (Fsp3) is 0.0970. The van der Waals surface area contributed by atoms with Gasteiger partial charge in [0.05, 0.1) is 55.9 Å². The van der Waals surface area contributed by atoms with E-state index in [1.165, 1.54) is 171 Å². The van der Waals surface area contributed by atoms with Crippen LogP contribution in [-0.2, 0) is 6.42 Å². The normalized spacial score (nSPS) is 16.0. The number of hydrogen-bond acceptors (Lipinski definition) is 9. The fourth-order valence-corrected chi connectivity index (χ4v) is 24.6. The molecule has 19 aromatic carbocycles. The molecule has 0 amide bonds. The lowest BCUT2D eigenvalue weighted by molar-refractivity contribution is 0.135. The molecule has 13 nitrogen and oxygen atoms in total. The summed E-state index contributed by atoms with van der Waals surface area (Å²) in [5.41, 5.74) is 32.8. The van der Waals surface area contributed by atoms with Crippen LogP contribution in [0, 0.1) is 11.8 Å². The Labute approximate surface area is 852 Å². The third-order valence-electron chi connectivity index (χ3n) is 31.4. The molecule has 0 spiro atoms. The minimum atomic E-state index is 0.0443. The Morgan fingerprint density at radius 3 is 1.21 bits per heavy atom. The molecule has 25 aromatic rings. The van der Waals surface area contributed by atoms with Crippen LogP contribution in [0.2, 0.25) is 0 Å². The zero-order valence-electron chi connectivity index (χ0n) is 81.0. The molecule has 13 heteroatoms. The Kier molecular flexibility index (Phi) is 21.5. The van der Waals surface area contributed by atoms with Gasteiger partial charge in [-0.15, -0.1) is 0 Å². The van der Waals surface area contributed by atoms with Crippen molar-refractivity contribution in [2.75, 3.05) is 26.6 Å². The van der Waals surface area contributed by atoms with Crippen molar-refractivity contribution in [1.29, 1.82) is 0 Å². The molecule has 147 heavy (non-hydrogen) atoms. The molecule has 0 bridgehead atoms. The summed E-state index contributed by atoms with van der Waals surface area (Å²) in [4.78, 5) is 32.7. The van der Waals surface area contributed by atoms with Crippen LogP contribution in [0.25, 0.3) is 178 Å².